The third kappa shape index (κ3) is 4.52. The molecule has 0 aliphatic carbocycles. The van der Waals surface area contributed by atoms with Crippen LogP contribution in [-0.2, 0) is 9.59 Å². The predicted octanol–water partition coefficient (Wildman–Crippen LogP) is 3.48. The molecule has 0 aromatic heterocycles. The Kier molecular flexibility index (Phi) is 5.70. The minimum atomic E-state index is -1.05. The van der Waals surface area contributed by atoms with Crippen molar-refractivity contribution in [3.8, 4) is 11.5 Å². The highest BCUT2D eigenvalue weighted by Crippen LogP contribution is 2.33. The smallest absolute Gasteiger partial charge is 0.344 e. The molecule has 1 unspecified atom stereocenters. The molecular formula is C20H18N2O5S. The van der Waals surface area contributed by atoms with Crippen molar-refractivity contribution in [1.29, 1.82) is 0 Å². The van der Waals surface area contributed by atoms with E-state index in [1.54, 1.807) is 49.5 Å². The Hall–Kier alpha value is -3.26. The van der Waals surface area contributed by atoms with Gasteiger partial charge in [-0.15, -0.1) is 0 Å². The van der Waals surface area contributed by atoms with Gasteiger partial charge in [-0.1, -0.05) is 12.1 Å². The van der Waals surface area contributed by atoms with E-state index in [1.165, 1.54) is 35.7 Å². The average Bonchev–Trinajstić information content (AvgIpc) is 2.91. The highest BCUT2D eigenvalue weighted by Gasteiger charge is 2.30. The van der Waals surface area contributed by atoms with Gasteiger partial charge in [0.15, 0.2) is 11.3 Å². The van der Waals surface area contributed by atoms with Gasteiger partial charge in [-0.05, 0) is 66.7 Å². The van der Waals surface area contributed by atoms with Crippen molar-refractivity contribution in [2.45, 2.75) is 13.0 Å². The van der Waals surface area contributed by atoms with E-state index >= 15 is 0 Å². The number of benzene rings is 2. The fraction of sp³-hybridized carbons (Fsp3) is 0.150. The zero-order valence-corrected chi connectivity index (χ0v) is 16.0. The molecule has 1 atom stereocenters. The minimum absolute atomic E-state index is 0.146. The molecule has 28 heavy (non-hydrogen) atoms. The lowest BCUT2D eigenvalue weighted by molar-refractivity contribution is -0.144. The molecule has 1 aliphatic rings. The summed E-state index contributed by atoms with van der Waals surface area (Å²) >= 11 is 1.24. The van der Waals surface area contributed by atoms with Crippen LogP contribution in [-0.4, -0.2) is 45.3 Å². The van der Waals surface area contributed by atoms with Crippen molar-refractivity contribution in [2.75, 3.05) is 7.05 Å². The first kappa shape index (κ1) is 19.5. The van der Waals surface area contributed by atoms with Gasteiger partial charge < -0.3 is 14.9 Å². The van der Waals surface area contributed by atoms with Gasteiger partial charge in [0.2, 0.25) is 0 Å². The van der Waals surface area contributed by atoms with Gasteiger partial charge in [0.1, 0.15) is 11.5 Å². The first-order valence-electron chi connectivity index (χ1n) is 8.38. The number of carbonyl (C=O) groups excluding carboxylic acids is 1. The van der Waals surface area contributed by atoms with E-state index < -0.39 is 12.1 Å². The number of aliphatic carboxylic acids is 1. The van der Waals surface area contributed by atoms with E-state index in [0.29, 0.717) is 27.1 Å². The Bertz CT molecular complexity index is 969. The predicted molar refractivity (Wildman–Crippen MR) is 108 cm³/mol. The SMILES string of the molecule is CC(Oc1cccc(/C=C2\SC(=Nc3ccc(O)cc3)N(C)C2=O)c1)C(=O)O. The molecule has 3 rings (SSSR count). The lowest BCUT2D eigenvalue weighted by Gasteiger charge is -2.10. The van der Waals surface area contributed by atoms with E-state index in [2.05, 4.69) is 4.99 Å². The number of hydrogen-bond donors (Lipinski definition) is 2. The highest BCUT2D eigenvalue weighted by molar-refractivity contribution is 8.18. The van der Waals surface area contributed by atoms with Crippen LogP contribution >= 0.6 is 11.8 Å². The summed E-state index contributed by atoms with van der Waals surface area (Å²) in [5.74, 6) is -0.687. The van der Waals surface area contributed by atoms with E-state index in [1.807, 2.05) is 0 Å². The second-order valence-electron chi connectivity index (χ2n) is 6.06. The van der Waals surface area contributed by atoms with Crippen LogP contribution < -0.4 is 4.74 Å². The van der Waals surface area contributed by atoms with Gasteiger partial charge in [0.05, 0.1) is 10.6 Å². The van der Waals surface area contributed by atoms with Crippen molar-refractivity contribution in [2.24, 2.45) is 4.99 Å². The van der Waals surface area contributed by atoms with E-state index in [-0.39, 0.29) is 11.7 Å². The van der Waals surface area contributed by atoms with Crippen LogP contribution in [0.5, 0.6) is 11.5 Å². The van der Waals surface area contributed by atoms with Gasteiger partial charge in [-0.25, -0.2) is 9.79 Å². The normalized spacial score (nSPS) is 17.9. The Morgan fingerprint density at radius 1 is 1.25 bits per heavy atom. The molecule has 0 saturated carbocycles. The molecule has 0 bridgehead atoms. The van der Waals surface area contributed by atoms with Crippen molar-refractivity contribution < 1.29 is 24.5 Å². The Morgan fingerprint density at radius 2 is 1.96 bits per heavy atom. The molecule has 2 aromatic rings. The van der Waals surface area contributed by atoms with Crippen LogP contribution in [0.15, 0.2) is 58.4 Å². The summed E-state index contributed by atoms with van der Waals surface area (Å²) in [5.41, 5.74) is 1.34. The third-order valence-electron chi connectivity index (χ3n) is 3.89. The number of carbonyl (C=O) groups is 2. The fourth-order valence-electron chi connectivity index (χ4n) is 2.37. The maximum Gasteiger partial charge on any atom is 0.344 e. The van der Waals surface area contributed by atoms with E-state index in [0.717, 1.165) is 0 Å². The van der Waals surface area contributed by atoms with Gasteiger partial charge in [-0.3, -0.25) is 9.69 Å². The van der Waals surface area contributed by atoms with Crippen LogP contribution in [0.3, 0.4) is 0 Å². The molecule has 2 N–H and O–H groups in total. The number of carboxylic acids is 1. The number of ether oxygens (including phenoxy) is 1. The van der Waals surface area contributed by atoms with Gasteiger partial charge in [0.25, 0.3) is 5.91 Å². The first-order chi connectivity index (χ1) is 13.3. The number of likely N-dealkylation sites (N-methyl/N-ethyl adjacent to an activating group) is 1. The summed E-state index contributed by atoms with van der Waals surface area (Å²) in [6, 6.07) is 13.2. The maximum absolute atomic E-state index is 12.5. The van der Waals surface area contributed by atoms with Crippen LogP contribution in [0.25, 0.3) is 6.08 Å². The van der Waals surface area contributed by atoms with Crippen LogP contribution in [0.4, 0.5) is 5.69 Å². The van der Waals surface area contributed by atoms with Crippen molar-refractivity contribution in [3.63, 3.8) is 0 Å². The number of aliphatic imine (C=N–C) groups is 1. The second-order valence-corrected chi connectivity index (χ2v) is 7.07. The Morgan fingerprint density at radius 3 is 2.64 bits per heavy atom. The fourth-order valence-corrected chi connectivity index (χ4v) is 3.36. The average molecular weight is 398 g/mol. The lowest BCUT2D eigenvalue weighted by atomic mass is 10.2. The van der Waals surface area contributed by atoms with Crippen LogP contribution in [0.2, 0.25) is 0 Å². The summed E-state index contributed by atoms with van der Waals surface area (Å²) in [7, 11) is 1.64. The first-order valence-corrected chi connectivity index (χ1v) is 9.20. The Balaban J connectivity index is 1.82. The number of carboxylic acid groups (broad SMARTS) is 1. The largest absolute Gasteiger partial charge is 0.508 e. The molecule has 2 aromatic carbocycles. The highest BCUT2D eigenvalue weighted by atomic mass is 32.2. The number of hydrogen-bond acceptors (Lipinski definition) is 6. The van der Waals surface area contributed by atoms with Crippen LogP contribution in [0.1, 0.15) is 12.5 Å². The summed E-state index contributed by atoms with van der Waals surface area (Å²) in [6.45, 7) is 1.45. The molecule has 0 spiro atoms. The second kappa shape index (κ2) is 8.18. The van der Waals surface area contributed by atoms with Crippen molar-refractivity contribution in [1.82, 2.24) is 4.90 Å². The molecule has 0 radical (unpaired) electrons. The molecule has 144 valence electrons. The monoisotopic (exact) mass is 398 g/mol. The molecule has 1 heterocycles. The standard InChI is InChI=1S/C20H18N2O5S/c1-12(19(25)26)27-16-5-3-4-13(10-16)11-17-18(24)22(2)20(28-17)21-14-6-8-15(23)9-7-14/h3-12,23H,1-2H3,(H,25,26)/b17-11-,21-20?. The minimum Gasteiger partial charge on any atom is -0.508 e. The maximum atomic E-state index is 12.5. The van der Waals surface area contributed by atoms with Crippen molar-refractivity contribution >= 4 is 40.6 Å². The number of nitrogens with zero attached hydrogens (tertiary/aromatic N) is 2. The zero-order chi connectivity index (χ0) is 20.3. The topological polar surface area (TPSA) is 99.4 Å². The summed E-state index contributed by atoms with van der Waals surface area (Å²) < 4.78 is 5.36. The van der Waals surface area contributed by atoms with Crippen molar-refractivity contribution in [3.05, 3.63) is 59.0 Å². The van der Waals surface area contributed by atoms with E-state index in [4.69, 9.17) is 9.84 Å². The number of amides is 1. The zero-order valence-electron chi connectivity index (χ0n) is 15.2. The molecule has 1 saturated heterocycles. The number of aromatic hydroxyl groups is 1. The molecule has 1 aliphatic heterocycles. The number of amidine groups is 1. The third-order valence-corrected chi connectivity index (χ3v) is 4.95. The number of thioether (sulfide) groups is 1. The molecule has 1 fully saturated rings. The number of rotatable bonds is 5. The Labute approximate surface area is 166 Å². The lowest BCUT2D eigenvalue weighted by Crippen LogP contribution is -2.23. The number of phenols is 1. The molecule has 1 amide bonds. The van der Waals surface area contributed by atoms with Crippen LogP contribution in [0, 0.1) is 0 Å². The summed E-state index contributed by atoms with van der Waals surface area (Å²) in [6.07, 6.45) is 0.738. The van der Waals surface area contributed by atoms with Gasteiger partial charge >= 0.3 is 5.97 Å². The molecule has 8 heteroatoms. The quantitative estimate of drug-likeness (QED) is 0.748. The van der Waals surface area contributed by atoms with E-state index in [9.17, 15) is 14.7 Å². The molecule has 7 nitrogen and oxygen atoms in total. The number of phenolic OH excluding ortho intramolecular Hbond substituents is 1. The van der Waals surface area contributed by atoms with Gasteiger partial charge in [0, 0.05) is 7.05 Å². The summed E-state index contributed by atoms with van der Waals surface area (Å²) in [5, 5.41) is 18.8. The van der Waals surface area contributed by atoms with Gasteiger partial charge in [-0.2, -0.15) is 0 Å². The summed E-state index contributed by atoms with van der Waals surface area (Å²) in [4.78, 5) is 29.8. The molecular weight excluding hydrogens is 380 g/mol.